The number of fused-ring (bicyclic) bond motifs is 2. The van der Waals surface area contributed by atoms with Gasteiger partial charge in [0.05, 0.1) is 11.9 Å². The summed E-state index contributed by atoms with van der Waals surface area (Å²) in [5.41, 5.74) is 7.08. The van der Waals surface area contributed by atoms with E-state index in [0.29, 0.717) is 17.9 Å². The highest BCUT2D eigenvalue weighted by Crippen LogP contribution is 2.42. The minimum atomic E-state index is 0. The summed E-state index contributed by atoms with van der Waals surface area (Å²) in [5, 5.41) is 7.19. The van der Waals surface area contributed by atoms with E-state index in [1.165, 1.54) is 19.3 Å². The van der Waals surface area contributed by atoms with Gasteiger partial charge < -0.3 is 11.1 Å². The molecule has 1 aromatic heterocycles. The maximum absolute atomic E-state index is 12.4. The lowest BCUT2D eigenvalue weighted by atomic mass is 9.65. The summed E-state index contributed by atoms with van der Waals surface area (Å²) in [4.78, 5) is 12.4. The van der Waals surface area contributed by atoms with E-state index in [-0.39, 0.29) is 24.2 Å². The van der Waals surface area contributed by atoms with Crippen molar-refractivity contribution in [3.63, 3.8) is 0 Å². The number of rotatable bonds is 3. The van der Waals surface area contributed by atoms with Crippen LogP contribution in [0, 0.1) is 17.8 Å². The fourth-order valence-corrected chi connectivity index (χ4v) is 3.85. The van der Waals surface area contributed by atoms with E-state index in [9.17, 15) is 4.79 Å². The lowest BCUT2D eigenvalue weighted by Gasteiger charge is -2.43. The molecule has 6 heteroatoms. The molecule has 3 rings (SSSR count). The number of nitrogens with zero attached hydrogens (tertiary/aromatic N) is 2. The van der Waals surface area contributed by atoms with Crippen molar-refractivity contribution in [1.82, 2.24) is 9.78 Å². The van der Waals surface area contributed by atoms with Crippen molar-refractivity contribution in [2.75, 3.05) is 5.32 Å². The van der Waals surface area contributed by atoms with Gasteiger partial charge in [0.2, 0.25) is 5.91 Å². The minimum Gasteiger partial charge on any atom is -0.327 e. The van der Waals surface area contributed by atoms with Gasteiger partial charge in [-0.2, -0.15) is 5.10 Å². The summed E-state index contributed by atoms with van der Waals surface area (Å²) >= 11 is 0. The summed E-state index contributed by atoms with van der Waals surface area (Å²) < 4.78 is 1.82. The van der Waals surface area contributed by atoms with Crippen LogP contribution in [0.5, 0.6) is 0 Å². The molecule has 118 valence electrons. The molecule has 2 saturated carbocycles. The molecule has 0 spiro atoms. The van der Waals surface area contributed by atoms with Crippen LogP contribution < -0.4 is 11.1 Å². The standard InChI is InChI=1S/C15H24N4O.ClH/c1-2-19-9-13(8-17-19)18-15(20)12-6-10-4-3-5-11(7-12)14(10)16;/h8-12,14H,2-7,16H2,1H3,(H,18,20);1H. The van der Waals surface area contributed by atoms with Crippen molar-refractivity contribution in [1.29, 1.82) is 0 Å². The van der Waals surface area contributed by atoms with Crippen molar-refractivity contribution < 1.29 is 4.79 Å². The number of aromatic nitrogens is 2. The lowest BCUT2D eigenvalue weighted by molar-refractivity contribution is -0.122. The summed E-state index contributed by atoms with van der Waals surface area (Å²) in [6, 6.07) is 0.315. The molecule has 0 aliphatic heterocycles. The first-order valence-corrected chi connectivity index (χ1v) is 7.76. The van der Waals surface area contributed by atoms with Crippen molar-refractivity contribution in [2.24, 2.45) is 23.5 Å². The van der Waals surface area contributed by atoms with Gasteiger partial charge in [0.1, 0.15) is 0 Å². The first-order valence-electron chi connectivity index (χ1n) is 7.76. The van der Waals surface area contributed by atoms with E-state index in [2.05, 4.69) is 10.4 Å². The number of nitrogens with two attached hydrogens (primary N) is 1. The normalized spacial score (nSPS) is 31.3. The Balaban J connectivity index is 0.00000161. The molecule has 2 aliphatic rings. The van der Waals surface area contributed by atoms with Crippen LogP contribution in [0.3, 0.4) is 0 Å². The maximum atomic E-state index is 12.4. The lowest BCUT2D eigenvalue weighted by Crippen LogP contribution is -2.48. The zero-order chi connectivity index (χ0) is 14.1. The van der Waals surface area contributed by atoms with Gasteiger partial charge in [0, 0.05) is 24.7 Å². The van der Waals surface area contributed by atoms with E-state index < -0.39 is 0 Å². The molecule has 0 aromatic carbocycles. The Kier molecular flexibility index (Phi) is 5.27. The van der Waals surface area contributed by atoms with E-state index in [4.69, 9.17) is 5.73 Å². The van der Waals surface area contributed by atoms with Crippen LogP contribution in [0.15, 0.2) is 12.4 Å². The molecule has 0 radical (unpaired) electrons. The topological polar surface area (TPSA) is 72.9 Å². The molecule has 2 atom stereocenters. The first-order chi connectivity index (χ1) is 9.67. The van der Waals surface area contributed by atoms with Crippen LogP contribution >= 0.6 is 12.4 Å². The highest BCUT2D eigenvalue weighted by Gasteiger charge is 2.40. The van der Waals surface area contributed by atoms with Crippen LogP contribution in [0.1, 0.15) is 39.0 Å². The Morgan fingerprint density at radius 3 is 2.67 bits per heavy atom. The van der Waals surface area contributed by atoms with Crippen LogP contribution in [-0.4, -0.2) is 21.7 Å². The molecule has 1 aromatic rings. The fourth-order valence-electron chi connectivity index (χ4n) is 3.85. The summed E-state index contributed by atoms with van der Waals surface area (Å²) in [5.74, 6) is 1.34. The average Bonchev–Trinajstić information content (AvgIpc) is 2.86. The van der Waals surface area contributed by atoms with E-state index >= 15 is 0 Å². The molecule has 2 unspecified atom stereocenters. The number of hydrogen-bond acceptors (Lipinski definition) is 3. The Hall–Kier alpha value is -1.07. The van der Waals surface area contributed by atoms with Crippen LogP contribution in [0.4, 0.5) is 5.69 Å². The van der Waals surface area contributed by atoms with Gasteiger partial charge in [-0.25, -0.2) is 0 Å². The second kappa shape index (κ2) is 6.79. The Morgan fingerprint density at radius 1 is 1.43 bits per heavy atom. The van der Waals surface area contributed by atoms with Gasteiger partial charge in [-0.1, -0.05) is 6.42 Å². The third kappa shape index (κ3) is 3.40. The Bertz CT molecular complexity index is 476. The molecule has 1 amide bonds. The van der Waals surface area contributed by atoms with Gasteiger partial charge >= 0.3 is 0 Å². The number of carbonyl (C=O) groups excluding carboxylic acids is 1. The average molecular weight is 313 g/mol. The summed E-state index contributed by atoms with van der Waals surface area (Å²) in [7, 11) is 0. The largest absolute Gasteiger partial charge is 0.327 e. The van der Waals surface area contributed by atoms with Crippen LogP contribution in [0.2, 0.25) is 0 Å². The zero-order valence-corrected chi connectivity index (χ0v) is 13.3. The van der Waals surface area contributed by atoms with Crippen molar-refractivity contribution >= 4 is 24.0 Å². The van der Waals surface area contributed by atoms with Crippen LogP contribution in [-0.2, 0) is 11.3 Å². The van der Waals surface area contributed by atoms with Gasteiger partial charge in [0.25, 0.3) is 0 Å². The number of aryl methyl sites for hydroxylation is 1. The third-order valence-corrected chi connectivity index (χ3v) is 5.01. The van der Waals surface area contributed by atoms with Gasteiger partial charge in [-0.3, -0.25) is 9.48 Å². The van der Waals surface area contributed by atoms with Crippen molar-refractivity contribution in [3.8, 4) is 0 Å². The van der Waals surface area contributed by atoms with E-state index in [1.54, 1.807) is 6.20 Å². The number of nitrogens with one attached hydrogen (secondary N) is 1. The smallest absolute Gasteiger partial charge is 0.227 e. The molecule has 1 heterocycles. The molecular formula is C15H25ClN4O. The predicted octanol–water partition coefficient (Wildman–Crippen LogP) is 2.42. The molecule has 21 heavy (non-hydrogen) atoms. The Morgan fingerprint density at radius 2 is 2.10 bits per heavy atom. The molecule has 0 saturated heterocycles. The summed E-state index contributed by atoms with van der Waals surface area (Å²) in [6.07, 6.45) is 9.16. The number of anilines is 1. The molecule has 5 nitrogen and oxygen atoms in total. The number of hydrogen-bond donors (Lipinski definition) is 2. The summed E-state index contributed by atoms with van der Waals surface area (Å²) in [6.45, 7) is 2.85. The Labute approximate surface area is 132 Å². The number of amides is 1. The quantitative estimate of drug-likeness (QED) is 0.900. The zero-order valence-electron chi connectivity index (χ0n) is 12.5. The SMILES string of the molecule is CCn1cc(NC(=O)C2CC3CCCC(C2)C3N)cn1.Cl. The van der Waals surface area contributed by atoms with Crippen molar-refractivity contribution in [2.45, 2.75) is 51.6 Å². The van der Waals surface area contributed by atoms with Gasteiger partial charge in [-0.15, -0.1) is 12.4 Å². The van der Waals surface area contributed by atoms with Crippen molar-refractivity contribution in [3.05, 3.63) is 12.4 Å². The molecule has 2 fully saturated rings. The molecular weight excluding hydrogens is 288 g/mol. The third-order valence-electron chi connectivity index (χ3n) is 5.01. The second-order valence-corrected chi connectivity index (χ2v) is 6.27. The monoisotopic (exact) mass is 312 g/mol. The molecule has 3 N–H and O–H groups in total. The van der Waals surface area contributed by atoms with Gasteiger partial charge in [-0.05, 0) is 44.4 Å². The minimum absolute atomic E-state index is 0. The highest BCUT2D eigenvalue weighted by atomic mass is 35.5. The van der Waals surface area contributed by atoms with Gasteiger partial charge in [0.15, 0.2) is 0 Å². The number of carbonyl (C=O) groups is 1. The second-order valence-electron chi connectivity index (χ2n) is 6.27. The predicted molar refractivity (Wildman–Crippen MR) is 85.3 cm³/mol. The van der Waals surface area contributed by atoms with Crippen LogP contribution in [0.25, 0.3) is 0 Å². The fraction of sp³-hybridized carbons (Fsp3) is 0.733. The first kappa shape index (κ1) is 16.3. The molecule has 2 bridgehead atoms. The number of halogens is 1. The van der Waals surface area contributed by atoms with E-state index in [0.717, 1.165) is 25.1 Å². The molecule has 2 aliphatic carbocycles. The highest BCUT2D eigenvalue weighted by molar-refractivity contribution is 5.92. The van der Waals surface area contributed by atoms with E-state index in [1.807, 2.05) is 17.8 Å². The maximum Gasteiger partial charge on any atom is 0.227 e.